The van der Waals surface area contributed by atoms with Crippen LogP contribution < -0.4 is 10.5 Å². The zero-order chi connectivity index (χ0) is 14.7. The van der Waals surface area contributed by atoms with Gasteiger partial charge in [-0.3, -0.25) is 0 Å². The van der Waals surface area contributed by atoms with Gasteiger partial charge in [-0.05, 0) is 43.5 Å². The van der Waals surface area contributed by atoms with Crippen molar-refractivity contribution < 1.29 is 4.74 Å². The van der Waals surface area contributed by atoms with E-state index in [1.807, 2.05) is 31.2 Å². The van der Waals surface area contributed by atoms with Crippen LogP contribution in [0, 0.1) is 13.8 Å². The summed E-state index contributed by atoms with van der Waals surface area (Å²) in [6.07, 6.45) is 0. The van der Waals surface area contributed by atoms with Gasteiger partial charge in [-0.25, -0.2) is 0 Å². The third-order valence-corrected chi connectivity index (χ3v) is 4.62. The number of halogens is 1. The van der Waals surface area contributed by atoms with Gasteiger partial charge in [0.25, 0.3) is 0 Å². The van der Waals surface area contributed by atoms with E-state index in [1.54, 1.807) is 0 Å². The molecule has 1 unspecified atom stereocenters. The molecule has 0 saturated carbocycles. The van der Waals surface area contributed by atoms with Gasteiger partial charge in [-0.2, -0.15) is 0 Å². The standard InChI is InChI=1S/C17H20BrNO/c1-4-20-15-8-6-5-7-14(15)17(19)13-9-11(2)16(18)12(3)10-13/h5-10,17H,4,19H2,1-3H3. The topological polar surface area (TPSA) is 35.2 Å². The highest BCUT2D eigenvalue weighted by molar-refractivity contribution is 9.10. The number of ether oxygens (including phenoxy) is 1. The third kappa shape index (κ3) is 3.05. The smallest absolute Gasteiger partial charge is 0.124 e. The summed E-state index contributed by atoms with van der Waals surface area (Å²) in [5.41, 5.74) is 11.0. The molecular formula is C17H20BrNO. The molecule has 20 heavy (non-hydrogen) atoms. The van der Waals surface area contributed by atoms with Crippen LogP contribution in [0.2, 0.25) is 0 Å². The molecule has 2 N–H and O–H groups in total. The van der Waals surface area contributed by atoms with E-state index in [0.29, 0.717) is 6.61 Å². The van der Waals surface area contributed by atoms with E-state index in [0.717, 1.165) is 21.3 Å². The molecule has 0 radical (unpaired) electrons. The molecule has 2 aromatic rings. The third-order valence-electron chi connectivity index (χ3n) is 3.37. The molecule has 2 aromatic carbocycles. The zero-order valence-corrected chi connectivity index (χ0v) is 13.7. The van der Waals surface area contributed by atoms with E-state index in [-0.39, 0.29) is 6.04 Å². The van der Waals surface area contributed by atoms with Crippen molar-refractivity contribution in [1.82, 2.24) is 0 Å². The molecular weight excluding hydrogens is 314 g/mol. The number of para-hydroxylation sites is 1. The summed E-state index contributed by atoms with van der Waals surface area (Å²) < 4.78 is 6.82. The summed E-state index contributed by atoms with van der Waals surface area (Å²) >= 11 is 3.59. The normalized spacial score (nSPS) is 12.2. The van der Waals surface area contributed by atoms with Crippen molar-refractivity contribution in [2.24, 2.45) is 5.73 Å². The molecule has 0 aliphatic carbocycles. The van der Waals surface area contributed by atoms with Gasteiger partial charge in [0, 0.05) is 10.0 Å². The lowest BCUT2D eigenvalue weighted by Crippen LogP contribution is -2.14. The van der Waals surface area contributed by atoms with Crippen LogP contribution in [0.25, 0.3) is 0 Å². The zero-order valence-electron chi connectivity index (χ0n) is 12.1. The predicted molar refractivity (Wildman–Crippen MR) is 87.3 cm³/mol. The fourth-order valence-corrected chi connectivity index (χ4v) is 2.59. The SMILES string of the molecule is CCOc1ccccc1C(N)c1cc(C)c(Br)c(C)c1. The fourth-order valence-electron chi connectivity index (χ4n) is 2.36. The summed E-state index contributed by atoms with van der Waals surface area (Å²) in [5.74, 6) is 0.862. The van der Waals surface area contributed by atoms with Crippen molar-refractivity contribution in [2.45, 2.75) is 26.8 Å². The quantitative estimate of drug-likeness (QED) is 0.893. The van der Waals surface area contributed by atoms with Gasteiger partial charge < -0.3 is 10.5 Å². The fraction of sp³-hybridized carbons (Fsp3) is 0.294. The van der Waals surface area contributed by atoms with Crippen molar-refractivity contribution >= 4 is 15.9 Å². The summed E-state index contributed by atoms with van der Waals surface area (Å²) in [6.45, 7) is 6.79. The number of nitrogens with two attached hydrogens (primary N) is 1. The lowest BCUT2D eigenvalue weighted by molar-refractivity contribution is 0.335. The van der Waals surface area contributed by atoms with Crippen molar-refractivity contribution in [2.75, 3.05) is 6.61 Å². The lowest BCUT2D eigenvalue weighted by atomic mass is 9.96. The highest BCUT2D eigenvalue weighted by Gasteiger charge is 2.15. The van der Waals surface area contributed by atoms with Gasteiger partial charge in [0.15, 0.2) is 0 Å². The van der Waals surface area contributed by atoms with E-state index in [1.165, 1.54) is 11.1 Å². The molecule has 106 valence electrons. The van der Waals surface area contributed by atoms with Gasteiger partial charge >= 0.3 is 0 Å². The molecule has 1 atom stereocenters. The summed E-state index contributed by atoms with van der Waals surface area (Å²) in [5, 5.41) is 0. The van der Waals surface area contributed by atoms with Crippen LogP contribution >= 0.6 is 15.9 Å². The van der Waals surface area contributed by atoms with E-state index < -0.39 is 0 Å². The summed E-state index contributed by atoms with van der Waals surface area (Å²) in [7, 11) is 0. The molecule has 0 heterocycles. The Labute approximate surface area is 129 Å². The molecule has 0 aliphatic rings. The number of rotatable bonds is 4. The highest BCUT2D eigenvalue weighted by atomic mass is 79.9. The minimum absolute atomic E-state index is 0.178. The Bertz CT molecular complexity index is 587. The van der Waals surface area contributed by atoms with Gasteiger partial charge in [0.05, 0.1) is 12.6 Å². The van der Waals surface area contributed by atoms with Gasteiger partial charge in [0.2, 0.25) is 0 Å². The molecule has 0 aliphatic heterocycles. The minimum Gasteiger partial charge on any atom is -0.494 e. The Balaban J connectivity index is 2.43. The molecule has 0 bridgehead atoms. The monoisotopic (exact) mass is 333 g/mol. The molecule has 0 aromatic heterocycles. The van der Waals surface area contributed by atoms with E-state index in [2.05, 4.69) is 41.9 Å². The van der Waals surface area contributed by atoms with E-state index in [9.17, 15) is 0 Å². The lowest BCUT2D eigenvalue weighted by Gasteiger charge is -2.18. The van der Waals surface area contributed by atoms with E-state index >= 15 is 0 Å². The Kier molecular flexibility index (Phi) is 4.84. The number of hydrogen-bond donors (Lipinski definition) is 1. The Morgan fingerprint density at radius 2 is 1.75 bits per heavy atom. The number of aryl methyl sites for hydroxylation is 2. The van der Waals surface area contributed by atoms with Crippen LogP contribution in [-0.4, -0.2) is 6.61 Å². The van der Waals surface area contributed by atoms with E-state index in [4.69, 9.17) is 10.5 Å². The van der Waals surface area contributed by atoms with Crippen molar-refractivity contribution in [1.29, 1.82) is 0 Å². The summed E-state index contributed by atoms with van der Waals surface area (Å²) in [6, 6.07) is 12.0. The maximum atomic E-state index is 6.44. The number of benzene rings is 2. The molecule has 0 amide bonds. The second-order valence-electron chi connectivity index (χ2n) is 4.92. The van der Waals surface area contributed by atoms with Crippen LogP contribution in [0.1, 0.15) is 35.2 Å². The first-order chi connectivity index (χ1) is 9.54. The largest absolute Gasteiger partial charge is 0.494 e. The molecule has 2 nitrogen and oxygen atoms in total. The molecule has 0 spiro atoms. The summed E-state index contributed by atoms with van der Waals surface area (Å²) in [4.78, 5) is 0. The van der Waals surface area contributed by atoms with Crippen LogP contribution in [-0.2, 0) is 0 Å². The second-order valence-corrected chi connectivity index (χ2v) is 5.71. The first-order valence-corrected chi connectivity index (χ1v) is 7.57. The highest BCUT2D eigenvalue weighted by Crippen LogP contribution is 2.31. The van der Waals surface area contributed by atoms with Crippen LogP contribution in [0.4, 0.5) is 0 Å². The molecule has 3 heteroatoms. The Morgan fingerprint density at radius 1 is 1.15 bits per heavy atom. The van der Waals surface area contributed by atoms with Gasteiger partial charge in [-0.1, -0.05) is 46.3 Å². The molecule has 2 rings (SSSR count). The van der Waals surface area contributed by atoms with Crippen molar-refractivity contribution in [3.05, 3.63) is 63.1 Å². The molecule has 0 fully saturated rings. The average Bonchev–Trinajstić information content (AvgIpc) is 2.44. The first-order valence-electron chi connectivity index (χ1n) is 6.78. The van der Waals surface area contributed by atoms with Crippen LogP contribution in [0.3, 0.4) is 0 Å². The average molecular weight is 334 g/mol. The number of hydrogen-bond acceptors (Lipinski definition) is 2. The van der Waals surface area contributed by atoms with Gasteiger partial charge in [-0.15, -0.1) is 0 Å². The van der Waals surface area contributed by atoms with Crippen molar-refractivity contribution in [3.8, 4) is 5.75 Å². The molecule has 0 saturated heterocycles. The van der Waals surface area contributed by atoms with Crippen molar-refractivity contribution in [3.63, 3.8) is 0 Å². The van der Waals surface area contributed by atoms with Gasteiger partial charge in [0.1, 0.15) is 5.75 Å². The first kappa shape index (κ1) is 15.1. The maximum Gasteiger partial charge on any atom is 0.124 e. The van der Waals surface area contributed by atoms with Crippen LogP contribution in [0.15, 0.2) is 40.9 Å². The Hall–Kier alpha value is -1.32. The van der Waals surface area contributed by atoms with Crippen LogP contribution in [0.5, 0.6) is 5.75 Å². The second kappa shape index (κ2) is 6.42. The maximum absolute atomic E-state index is 6.44. The predicted octanol–water partition coefficient (Wildman–Crippen LogP) is 4.51. The minimum atomic E-state index is -0.178. The Morgan fingerprint density at radius 3 is 2.35 bits per heavy atom.